The SMILES string of the molecule is COC1CCCCC1CCC(=O)C(=O)NCC[C@H](NC(=O)c1ccc(Nc2nc(NC3(c4ccc(Cl)cc4)CC3)nc(OCC(F)(F)F)n2)cc1)C(=O)O. The molecule has 2 aromatic carbocycles. The normalized spacial score (nSPS) is 18.2. The average molecular weight is 776 g/mol. The van der Waals surface area contributed by atoms with E-state index >= 15 is 0 Å². The third kappa shape index (κ3) is 11.5. The fourth-order valence-corrected chi connectivity index (χ4v) is 6.40. The first-order valence-electron chi connectivity index (χ1n) is 17.5. The lowest BCUT2D eigenvalue weighted by Crippen LogP contribution is -2.43. The number of methoxy groups -OCH3 is 1. The average Bonchev–Trinajstić information content (AvgIpc) is 3.92. The number of alkyl halides is 3. The van der Waals surface area contributed by atoms with Crippen molar-refractivity contribution in [3.05, 3.63) is 64.7 Å². The largest absolute Gasteiger partial charge is 0.480 e. The second-order valence-electron chi connectivity index (χ2n) is 13.3. The lowest BCUT2D eigenvalue weighted by molar-refractivity contribution is -0.154. The van der Waals surface area contributed by atoms with Gasteiger partial charge < -0.3 is 35.8 Å². The first-order valence-corrected chi connectivity index (χ1v) is 17.9. The lowest BCUT2D eigenvalue weighted by Gasteiger charge is -2.30. The highest BCUT2D eigenvalue weighted by Crippen LogP contribution is 2.48. The van der Waals surface area contributed by atoms with E-state index < -0.39 is 53.9 Å². The van der Waals surface area contributed by atoms with E-state index in [0.717, 1.165) is 31.2 Å². The Hall–Kier alpha value is -5.03. The lowest BCUT2D eigenvalue weighted by atomic mass is 9.83. The van der Waals surface area contributed by atoms with E-state index in [2.05, 4.69) is 36.2 Å². The quantitative estimate of drug-likeness (QED) is 0.101. The maximum Gasteiger partial charge on any atom is 0.422 e. The van der Waals surface area contributed by atoms with Gasteiger partial charge in [-0.2, -0.15) is 28.1 Å². The minimum Gasteiger partial charge on any atom is -0.480 e. The number of aromatic nitrogens is 3. The highest BCUT2D eigenvalue weighted by molar-refractivity contribution is 6.36. The molecule has 14 nitrogen and oxygen atoms in total. The highest BCUT2D eigenvalue weighted by Gasteiger charge is 2.45. The number of Topliss-reactive ketones (excluding diaryl/α,β-unsaturated/α-hetero) is 1. The zero-order valence-corrected chi connectivity index (χ0v) is 30.1. The molecule has 1 heterocycles. The van der Waals surface area contributed by atoms with Crippen LogP contribution in [-0.4, -0.2) is 82.2 Å². The number of carboxylic acid groups (broad SMARTS) is 1. The molecule has 0 radical (unpaired) electrons. The van der Waals surface area contributed by atoms with Gasteiger partial charge in [0.15, 0.2) is 6.61 Å². The molecule has 2 unspecified atom stereocenters. The summed E-state index contributed by atoms with van der Waals surface area (Å²) >= 11 is 6.02. The number of nitrogens with zero attached hydrogens (tertiary/aromatic N) is 3. The van der Waals surface area contributed by atoms with Crippen molar-refractivity contribution < 1.29 is 46.9 Å². The van der Waals surface area contributed by atoms with E-state index in [1.165, 1.54) is 24.3 Å². The number of aliphatic carboxylic acids is 1. The van der Waals surface area contributed by atoms with Gasteiger partial charge in [-0.05, 0) is 86.4 Å². The monoisotopic (exact) mass is 775 g/mol. The van der Waals surface area contributed by atoms with Gasteiger partial charge in [-0.3, -0.25) is 14.4 Å². The fraction of sp³-hybridized carbons (Fsp3) is 0.472. The van der Waals surface area contributed by atoms with Gasteiger partial charge in [0, 0.05) is 36.3 Å². The van der Waals surface area contributed by atoms with Crippen LogP contribution < -0.4 is 26.0 Å². The number of hydrogen-bond donors (Lipinski definition) is 5. The number of carbonyl (C=O) groups is 4. The summed E-state index contributed by atoms with van der Waals surface area (Å²) in [5, 5.41) is 21.1. The number of carboxylic acids is 1. The number of ketones is 1. The molecule has 3 aromatic rings. The van der Waals surface area contributed by atoms with Gasteiger partial charge in [0.25, 0.3) is 11.8 Å². The van der Waals surface area contributed by atoms with E-state index in [9.17, 15) is 37.5 Å². The topological polar surface area (TPSA) is 194 Å². The number of carbonyl (C=O) groups excluding carboxylic acids is 3. The molecule has 54 heavy (non-hydrogen) atoms. The number of nitrogens with one attached hydrogen (secondary N) is 4. The zero-order chi connectivity index (χ0) is 38.9. The summed E-state index contributed by atoms with van der Waals surface area (Å²) in [5.41, 5.74) is 0.764. The van der Waals surface area contributed by atoms with E-state index in [1.54, 1.807) is 19.2 Å². The highest BCUT2D eigenvalue weighted by atomic mass is 35.5. The maximum atomic E-state index is 12.9. The second kappa shape index (κ2) is 17.9. The number of benzene rings is 2. The number of halogens is 4. The van der Waals surface area contributed by atoms with Crippen LogP contribution in [0.5, 0.6) is 6.01 Å². The van der Waals surface area contributed by atoms with E-state index in [0.29, 0.717) is 30.0 Å². The van der Waals surface area contributed by atoms with E-state index in [4.69, 9.17) is 21.1 Å². The van der Waals surface area contributed by atoms with Gasteiger partial charge in [0.1, 0.15) is 6.04 Å². The molecular weight excluding hydrogens is 735 g/mol. The molecule has 5 N–H and O–H groups in total. The molecule has 0 bridgehead atoms. The van der Waals surface area contributed by atoms with Crippen molar-refractivity contribution in [1.82, 2.24) is 25.6 Å². The number of ether oxygens (including phenoxy) is 2. The Labute approximate surface area is 314 Å². The minimum atomic E-state index is -4.64. The summed E-state index contributed by atoms with van der Waals surface area (Å²) < 4.78 is 49.1. The molecule has 18 heteroatoms. The Morgan fingerprint density at radius 3 is 2.31 bits per heavy atom. The van der Waals surface area contributed by atoms with Crippen molar-refractivity contribution in [2.75, 3.05) is 30.9 Å². The molecule has 3 atom stereocenters. The van der Waals surface area contributed by atoms with Crippen molar-refractivity contribution in [2.45, 2.75) is 81.6 Å². The Balaban J connectivity index is 1.16. The molecule has 2 aliphatic rings. The molecule has 2 fully saturated rings. The van der Waals surface area contributed by atoms with Crippen LogP contribution in [0.4, 0.5) is 30.8 Å². The molecule has 290 valence electrons. The number of amides is 2. The van der Waals surface area contributed by atoms with Crippen LogP contribution in [0, 0.1) is 5.92 Å². The number of anilines is 3. The van der Waals surface area contributed by atoms with Gasteiger partial charge in [-0.1, -0.05) is 36.6 Å². The molecule has 2 aliphatic carbocycles. The Morgan fingerprint density at radius 2 is 1.67 bits per heavy atom. The van der Waals surface area contributed by atoms with Crippen LogP contribution in [-0.2, 0) is 24.7 Å². The van der Waals surface area contributed by atoms with E-state index in [1.807, 2.05) is 12.1 Å². The molecule has 0 spiro atoms. The van der Waals surface area contributed by atoms with Crippen LogP contribution >= 0.6 is 11.6 Å². The van der Waals surface area contributed by atoms with Gasteiger partial charge in [0.2, 0.25) is 17.7 Å². The van der Waals surface area contributed by atoms with Gasteiger partial charge in [0.05, 0.1) is 11.6 Å². The first kappa shape index (κ1) is 40.2. The molecular formula is C36H41ClF3N7O7. The maximum absolute atomic E-state index is 12.9. The van der Waals surface area contributed by atoms with Gasteiger partial charge >= 0.3 is 18.2 Å². The zero-order valence-electron chi connectivity index (χ0n) is 29.4. The Kier molecular flexibility index (Phi) is 13.3. The van der Waals surface area contributed by atoms with Crippen molar-refractivity contribution in [2.24, 2.45) is 5.92 Å². The first-order chi connectivity index (χ1) is 25.7. The van der Waals surface area contributed by atoms with Crippen LogP contribution in [0.25, 0.3) is 0 Å². The summed E-state index contributed by atoms with van der Waals surface area (Å²) in [6, 6.07) is 10.9. The summed E-state index contributed by atoms with van der Waals surface area (Å²) in [6.45, 7) is -1.78. The third-order valence-corrected chi connectivity index (χ3v) is 9.59. The molecule has 2 amide bonds. The minimum absolute atomic E-state index is 0.0342. The van der Waals surface area contributed by atoms with Crippen LogP contribution in [0.2, 0.25) is 5.02 Å². The van der Waals surface area contributed by atoms with Crippen molar-refractivity contribution in [1.29, 1.82) is 0 Å². The van der Waals surface area contributed by atoms with Gasteiger partial charge in [-0.25, -0.2) is 4.79 Å². The molecule has 5 rings (SSSR count). The Bertz CT molecular complexity index is 1790. The Morgan fingerprint density at radius 1 is 0.981 bits per heavy atom. The van der Waals surface area contributed by atoms with Crippen LogP contribution in [0.3, 0.4) is 0 Å². The summed E-state index contributed by atoms with van der Waals surface area (Å²) in [7, 11) is 1.64. The van der Waals surface area contributed by atoms with Crippen molar-refractivity contribution in [3.63, 3.8) is 0 Å². The van der Waals surface area contributed by atoms with Crippen LogP contribution in [0.1, 0.15) is 73.7 Å². The summed E-state index contributed by atoms with van der Waals surface area (Å²) in [6.07, 6.45) is 1.23. The second-order valence-corrected chi connectivity index (χ2v) is 13.7. The van der Waals surface area contributed by atoms with Crippen molar-refractivity contribution >= 4 is 52.8 Å². The van der Waals surface area contributed by atoms with E-state index in [-0.39, 0.29) is 48.9 Å². The molecule has 1 aromatic heterocycles. The standard InChI is InChI=1S/C36H41ClF3N7O7/c1-53-28-5-3-2-4-21(28)8-15-27(48)30(50)41-19-16-26(31(51)52)43-29(49)22-6-13-25(14-7-22)42-32-44-33(46-34(45-32)54-20-36(38,39)40)47-35(17-18-35)23-9-11-24(37)12-10-23/h6-7,9-14,21,26,28H,2-5,8,15-20H2,1H3,(H,41,50)(H,43,49)(H,51,52)(H2,42,44,45,46,47)/t21?,26-,28?/m0/s1. The number of rotatable bonds is 18. The molecule has 0 saturated heterocycles. The molecule has 0 aliphatic heterocycles. The summed E-state index contributed by atoms with van der Waals surface area (Å²) in [4.78, 5) is 61.9. The predicted molar refractivity (Wildman–Crippen MR) is 191 cm³/mol. The summed E-state index contributed by atoms with van der Waals surface area (Å²) in [5.74, 6) is -3.44. The van der Waals surface area contributed by atoms with Crippen LogP contribution in [0.15, 0.2) is 48.5 Å². The number of hydrogen-bond acceptors (Lipinski definition) is 11. The van der Waals surface area contributed by atoms with Crippen molar-refractivity contribution in [3.8, 4) is 6.01 Å². The third-order valence-electron chi connectivity index (χ3n) is 9.34. The predicted octanol–water partition coefficient (Wildman–Crippen LogP) is 5.55. The fourth-order valence-electron chi connectivity index (χ4n) is 6.28. The smallest absolute Gasteiger partial charge is 0.422 e. The molecule has 2 saturated carbocycles. The van der Waals surface area contributed by atoms with Gasteiger partial charge in [-0.15, -0.1) is 0 Å².